The molecule has 162 valence electrons. The molecule has 0 aliphatic carbocycles. The highest BCUT2D eigenvalue weighted by Crippen LogP contribution is 2.29. The number of ether oxygens (including phenoxy) is 2. The Morgan fingerprint density at radius 3 is 2.81 bits per heavy atom. The Bertz CT molecular complexity index is 1050. The van der Waals surface area contributed by atoms with Gasteiger partial charge in [0, 0.05) is 16.7 Å². The van der Waals surface area contributed by atoms with E-state index in [4.69, 9.17) is 25.5 Å². The van der Waals surface area contributed by atoms with Crippen molar-refractivity contribution in [1.29, 1.82) is 0 Å². The standard InChI is InChI=1S/C21H20ClFN4O4/c1-12-17(23)8-16(9-24-12)29-11-19(28)25-15-6-7-18(30-10-15)21-27-26-20(31-21)13-2-4-14(22)5-3-13/h2-5,8-9,15,18H,6-7,10-11H2,1H3,(H,25,28)/t15-,18+/m1/s1. The summed E-state index contributed by atoms with van der Waals surface area (Å²) in [5.41, 5.74) is 1.04. The van der Waals surface area contributed by atoms with Crippen molar-refractivity contribution in [3.8, 4) is 17.2 Å². The van der Waals surface area contributed by atoms with E-state index >= 15 is 0 Å². The third-order valence-corrected chi connectivity index (χ3v) is 5.07. The summed E-state index contributed by atoms with van der Waals surface area (Å²) < 4.78 is 30.3. The number of aryl methyl sites for hydroxylation is 1. The zero-order valence-electron chi connectivity index (χ0n) is 16.7. The van der Waals surface area contributed by atoms with Crippen LogP contribution in [0.15, 0.2) is 40.9 Å². The highest BCUT2D eigenvalue weighted by atomic mass is 35.5. The summed E-state index contributed by atoms with van der Waals surface area (Å²) in [6.07, 6.45) is 2.33. The fourth-order valence-electron chi connectivity index (χ4n) is 3.12. The van der Waals surface area contributed by atoms with Crippen LogP contribution in [0.2, 0.25) is 5.02 Å². The molecule has 4 rings (SSSR count). The summed E-state index contributed by atoms with van der Waals surface area (Å²) in [5, 5.41) is 11.6. The molecular formula is C21H20ClFN4O4. The van der Waals surface area contributed by atoms with Crippen LogP contribution < -0.4 is 10.1 Å². The second-order valence-electron chi connectivity index (χ2n) is 7.14. The Balaban J connectivity index is 1.24. The van der Waals surface area contributed by atoms with Crippen molar-refractivity contribution >= 4 is 17.5 Å². The van der Waals surface area contributed by atoms with Crippen molar-refractivity contribution in [2.45, 2.75) is 31.9 Å². The molecule has 10 heteroatoms. The molecule has 1 aliphatic rings. The zero-order chi connectivity index (χ0) is 21.8. The van der Waals surface area contributed by atoms with Gasteiger partial charge in [-0.15, -0.1) is 10.2 Å². The van der Waals surface area contributed by atoms with Gasteiger partial charge in [-0.1, -0.05) is 11.6 Å². The van der Waals surface area contributed by atoms with Gasteiger partial charge in [0.2, 0.25) is 11.8 Å². The first kappa shape index (κ1) is 21.2. The number of nitrogens with one attached hydrogen (secondary N) is 1. The molecule has 2 aromatic heterocycles. The topological polar surface area (TPSA) is 99.4 Å². The van der Waals surface area contributed by atoms with Gasteiger partial charge in [-0.05, 0) is 44.0 Å². The third-order valence-electron chi connectivity index (χ3n) is 4.82. The molecule has 8 nitrogen and oxygen atoms in total. The molecular weight excluding hydrogens is 427 g/mol. The Kier molecular flexibility index (Phi) is 6.43. The Labute approximate surface area is 182 Å². The summed E-state index contributed by atoms with van der Waals surface area (Å²) in [4.78, 5) is 16.0. The summed E-state index contributed by atoms with van der Waals surface area (Å²) in [7, 11) is 0. The number of carbonyl (C=O) groups is 1. The van der Waals surface area contributed by atoms with Crippen LogP contribution in [0, 0.1) is 12.7 Å². The molecule has 1 saturated heterocycles. The molecule has 1 aliphatic heterocycles. The van der Waals surface area contributed by atoms with Crippen LogP contribution in [0.4, 0.5) is 4.39 Å². The Hall–Kier alpha value is -3.04. The minimum Gasteiger partial charge on any atom is -0.482 e. The lowest BCUT2D eigenvalue weighted by atomic mass is 10.0. The van der Waals surface area contributed by atoms with Crippen molar-refractivity contribution in [1.82, 2.24) is 20.5 Å². The van der Waals surface area contributed by atoms with Crippen LogP contribution in [0.1, 0.15) is 30.5 Å². The smallest absolute Gasteiger partial charge is 0.258 e. The van der Waals surface area contributed by atoms with E-state index in [1.54, 1.807) is 31.2 Å². The number of rotatable bonds is 6. The summed E-state index contributed by atoms with van der Waals surface area (Å²) in [5.74, 6) is 0.184. The average molecular weight is 447 g/mol. The van der Waals surface area contributed by atoms with Crippen molar-refractivity contribution in [3.63, 3.8) is 0 Å². The second kappa shape index (κ2) is 9.40. The van der Waals surface area contributed by atoms with Gasteiger partial charge >= 0.3 is 0 Å². The lowest BCUT2D eigenvalue weighted by Gasteiger charge is -2.27. The minimum absolute atomic E-state index is 0.168. The average Bonchev–Trinajstić information content (AvgIpc) is 3.26. The van der Waals surface area contributed by atoms with Crippen LogP contribution >= 0.6 is 11.6 Å². The van der Waals surface area contributed by atoms with Gasteiger partial charge in [0.1, 0.15) is 17.7 Å². The van der Waals surface area contributed by atoms with Crippen LogP contribution in [-0.2, 0) is 9.53 Å². The highest BCUT2D eigenvalue weighted by Gasteiger charge is 2.28. The second-order valence-corrected chi connectivity index (χ2v) is 7.58. The van der Waals surface area contributed by atoms with Gasteiger partial charge in [-0.25, -0.2) is 4.39 Å². The van der Waals surface area contributed by atoms with Crippen LogP contribution in [-0.4, -0.2) is 40.3 Å². The van der Waals surface area contributed by atoms with E-state index in [0.717, 1.165) is 5.56 Å². The van der Waals surface area contributed by atoms with Gasteiger partial charge in [0.15, 0.2) is 6.61 Å². The normalized spacial score (nSPS) is 18.5. The largest absolute Gasteiger partial charge is 0.482 e. The fourth-order valence-corrected chi connectivity index (χ4v) is 3.25. The molecule has 1 aromatic carbocycles. The van der Waals surface area contributed by atoms with E-state index in [0.29, 0.717) is 36.3 Å². The molecule has 1 amide bonds. The Morgan fingerprint density at radius 2 is 2.10 bits per heavy atom. The molecule has 2 atom stereocenters. The quantitative estimate of drug-likeness (QED) is 0.617. The van der Waals surface area contributed by atoms with Crippen molar-refractivity contribution in [2.24, 2.45) is 0 Å². The fraction of sp³-hybridized carbons (Fsp3) is 0.333. The van der Waals surface area contributed by atoms with Crippen molar-refractivity contribution in [2.75, 3.05) is 13.2 Å². The van der Waals surface area contributed by atoms with E-state index in [-0.39, 0.29) is 36.1 Å². The molecule has 0 spiro atoms. The molecule has 1 N–H and O–H groups in total. The number of pyridine rings is 1. The summed E-state index contributed by atoms with van der Waals surface area (Å²) in [6.45, 7) is 1.61. The van der Waals surface area contributed by atoms with Crippen LogP contribution in [0.3, 0.4) is 0 Å². The number of halogens is 2. The maximum atomic E-state index is 13.5. The van der Waals surface area contributed by atoms with E-state index in [9.17, 15) is 9.18 Å². The van der Waals surface area contributed by atoms with Gasteiger partial charge in [-0.3, -0.25) is 9.78 Å². The highest BCUT2D eigenvalue weighted by molar-refractivity contribution is 6.30. The number of nitrogens with zero attached hydrogens (tertiary/aromatic N) is 3. The maximum Gasteiger partial charge on any atom is 0.258 e. The van der Waals surface area contributed by atoms with E-state index in [2.05, 4.69) is 20.5 Å². The molecule has 0 saturated carbocycles. The molecule has 0 unspecified atom stereocenters. The van der Waals surface area contributed by atoms with E-state index in [1.807, 2.05) is 0 Å². The summed E-state index contributed by atoms with van der Waals surface area (Å²) in [6, 6.07) is 8.14. The van der Waals surface area contributed by atoms with Gasteiger partial charge in [0.05, 0.1) is 24.5 Å². The minimum atomic E-state index is -0.482. The van der Waals surface area contributed by atoms with Gasteiger partial charge in [-0.2, -0.15) is 0 Å². The number of benzene rings is 1. The molecule has 0 radical (unpaired) electrons. The van der Waals surface area contributed by atoms with Gasteiger partial charge in [0.25, 0.3) is 5.91 Å². The predicted molar refractivity (Wildman–Crippen MR) is 109 cm³/mol. The number of hydrogen-bond acceptors (Lipinski definition) is 7. The number of carbonyl (C=O) groups excluding carboxylic acids is 1. The Morgan fingerprint density at radius 1 is 1.29 bits per heavy atom. The van der Waals surface area contributed by atoms with Crippen LogP contribution in [0.25, 0.3) is 11.5 Å². The monoisotopic (exact) mass is 446 g/mol. The first-order valence-corrected chi connectivity index (χ1v) is 10.1. The van der Waals surface area contributed by atoms with Gasteiger partial charge < -0.3 is 19.2 Å². The summed E-state index contributed by atoms with van der Waals surface area (Å²) >= 11 is 5.90. The van der Waals surface area contributed by atoms with Crippen molar-refractivity contribution < 1.29 is 23.1 Å². The SMILES string of the molecule is Cc1ncc(OCC(=O)N[C@@H]2CC[C@@H](c3nnc(-c4ccc(Cl)cc4)o3)OC2)cc1F. The molecule has 3 aromatic rings. The number of amides is 1. The van der Waals surface area contributed by atoms with E-state index < -0.39 is 5.82 Å². The first-order chi connectivity index (χ1) is 15.0. The lowest BCUT2D eigenvalue weighted by Crippen LogP contribution is -2.43. The van der Waals surface area contributed by atoms with Crippen molar-refractivity contribution in [3.05, 3.63) is 59.0 Å². The molecule has 1 fully saturated rings. The first-order valence-electron chi connectivity index (χ1n) is 9.73. The van der Waals surface area contributed by atoms with Crippen LogP contribution in [0.5, 0.6) is 5.75 Å². The molecule has 3 heterocycles. The zero-order valence-corrected chi connectivity index (χ0v) is 17.4. The third kappa shape index (κ3) is 5.36. The molecule has 0 bridgehead atoms. The molecule has 31 heavy (non-hydrogen) atoms. The number of hydrogen-bond donors (Lipinski definition) is 1. The number of aromatic nitrogens is 3. The maximum absolute atomic E-state index is 13.5. The lowest BCUT2D eigenvalue weighted by molar-refractivity contribution is -0.125. The van der Waals surface area contributed by atoms with E-state index in [1.165, 1.54) is 12.3 Å². The predicted octanol–water partition coefficient (Wildman–Crippen LogP) is 3.65.